The van der Waals surface area contributed by atoms with E-state index in [1.807, 2.05) is 0 Å². The number of carboxylic acids is 1. The van der Waals surface area contributed by atoms with Crippen molar-refractivity contribution in [3.63, 3.8) is 0 Å². The first kappa shape index (κ1) is 15.2. The predicted molar refractivity (Wildman–Crippen MR) is 73.8 cm³/mol. The average Bonchev–Trinajstić information content (AvgIpc) is 2.97. The molecule has 0 radical (unpaired) electrons. The molecule has 8 nitrogen and oxygen atoms in total. The van der Waals surface area contributed by atoms with Crippen LogP contribution in [0.5, 0.6) is 0 Å². The van der Waals surface area contributed by atoms with Crippen LogP contribution in [0.3, 0.4) is 0 Å². The number of rotatable bonds is 6. The molecular weight excluding hydrogens is 276 g/mol. The van der Waals surface area contributed by atoms with E-state index in [0.717, 1.165) is 6.42 Å². The zero-order valence-electron chi connectivity index (χ0n) is 11.7. The standard InChI is InChI=1S/C13H18N4O4/c1-21-8-9(12(19)20)16-11(18)10-4-2-7-17(10)13-14-5-3-6-15-13/h3,5-6,9-10H,2,4,7-8H2,1H3,(H,16,18)(H,19,20). The largest absolute Gasteiger partial charge is 0.480 e. The molecular formula is C13H18N4O4. The van der Waals surface area contributed by atoms with E-state index >= 15 is 0 Å². The second-order valence-electron chi connectivity index (χ2n) is 4.75. The molecule has 114 valence electrons. The average molecular weight is 294 g/mol. The predicted octanol–water partition coefficient (Wildman–Crippen LogP) is -0.339. The van der Waals surface area contributed by atoms with E-state index in [1.54, 1.807) is 23.4 Å². The zero-order chi connectivity index (χ0) is 15.2. The van der Waals surface area contributed by atoms with E-state index in [1.165, 1.54) is 7.11 Å². The maximum atomic E-state index is 12.3. The van der Waals surface area contributed by atoms with Gasteiger partial charge in [0, 0.05) is 26.0 Å². The van der Waals surface area contributed by atoms with Crippen LogP contribution in [0.25, 0.3) is 0 Å². The summed E-state index contributed by atoms with van der Waals surface area (Å²) in [5.74, 6) is -0.983. The lowest BCUT2D eigenvalue weighted by Crippen LogP contribution is -2.51. The second kappa shape index (κ2) is 6.98. The fourth-order valence-electron chi connectivity index (χ4n) is 2.33. The lowest BCUT2D eigenvalue weighted by atomic mass is 10.2. The highest BCUT2D eigenvalue weighted by Crippen LogP contribution is 2.21. The van der Waals surface area contributed by atoms with Crippen LogP contribution in [0.15, 0.2) is 18.5 Å². The lowest BCUT2D eigenvalue weighted by molar-refractivity contribution is -0.143. The van der Waals surface area contributed by atoms with Gasteiger partial charge in [0.25, 0.3) is 0 Å². The molecule has 2 N–H and O–H groups in total. The van der Waals surface area contributed by atoms with Gasteiger partial charge in [0.05, 0.1) is 6.61 Å². The smallest absolute Gasteiger partial charge is 0.328 e. The Hall–Kier alpha value is -2.22. The number of hydrogen-bond acceptors (Lipinski definition) is 6. The molecule has 0 spiro atoms. The molecule has 1 fully saturated rings. The van der Waals surface area contributed by atoms with Crippen LogP contribution >= 0.6 is 0 Å². The number of amides is 1. The Balaban J connectivity index is 2.05. The first-order valence-corrected chi connectivity index (χ1v) is 6.69. The molecule has 8 heteroatoms. The van der Waals surface area contributed by atoms with E-state index in [0.29, 0.717) is 18.9 Å². The lowest BCUT2D eigenvalue weighted by Gasteiger charge is -2.25. The highest BCUT2D eigenvalue weighted by Gasteiger charge is 2.34. The molecule has 1 amide bonds. The number of ether oxygens (including phenoxy) is 1. The summed E-state index contributed by atoms with van der Waals surface area (Å²) in [5, 5.41) is 11.5. The minimum atomic E-state index is -1.12. The van der Waals surface area contributed by atoms with Crippen LogP contribution < -0.4 is 10.2 Å². The number of hydrogen-bond donors (Lipinski definition) is 2. The minimum absolute atomic E-state index is 0.0738. The van der Waals surface area contributed by atoms with E-state index in [4.69, 9.17) is 9.84 Å². The van der Waals surface area contributed by atoms with E-state index in [-0.39, 0.29) is 12.5 Å². The zero-order valence-corrected chi connectivity index (χ0v) is 11.7. The number of anilines is 1. The third-order valence-corrected chi connectivity index (χ3v) is 3.31. The van der Waals surface area contributed by atoms with Crippen molar-refractivity contribution in [3.05, 3.63) is 18.5 Å². The molecule has 1 aliphatic heterocycles. The Kier molecular flexibility index (Phi) is 5.04. The molecule has 1 aromatic heterocycles. The molecule has 2 heterocycles. The molecule has 1 aliphatic rings. The maximum Gasteiger partial charge on any atom is 0.328 e. The van der Waals surface area contributed by atoms with E-state index in [9.17, 15) is 9.59 Å². The number of nitrogens with zero attached hydrogens (tertiary/aromatic N) is 3. The molecule has 2 unspecified atom stereocenters. The van der Waals surface area contributed by atoms with Gasteiger partial charge >= 0.3 is 5.97 Å². The molecule has 1 aromatic rings. The SMILES string of the molecule is COCC(NC(=O)C1CCCN1c1ncccn1)C(=O)O. The van der Waals surface area contributed by atoms with Gasteiger partial charge in [-0.3, -0.25) is 4.79 Å². The normalized spacial score (nSPS) is 19.3. The van der Waals surface area contributed by atoms with Crippen molar-refractivity contribution in [1.29, 1.82) is 0 Å². The third kappa shape index (κ3) is 3.66. The molecule has 0 bridgehead atoms. The maximum absolute atomic E-state index is 12.3. The second-order valence-corrected chi connectivity index (χ2v) is 4.75. The van der Waals surface area contributed by atoms with Crippen molar-refractivity contribution >= 4 is 17.8 Å². The van der Waals surface area contributed by atoms with Gasteiger partial charge in [0.15, 0.2) is 6.04 Å². The highest BCUT2D eigenvalue weighted by molar-refractivity contribution is 5.89. The summed E-state index contributed by atoms with van der Waals surface area (Å²) in [6.07, 6.45) is 4.70. The summed E-state index contributed by atoms with van der Waals surface area (Å²) < 4.78 is 4.81. The van der Waals surface area contributed by atoms with Crippen LogP contribution in [0.1, 0.15) is 12.8 Å². The Morgan fingerprint density at radius 3 is 2.86 bits per heavy atom. The third-order valence-electron chi connectivity index (χ3n) is 3.31. The van der Waals surface area contributed by atoms with Gasteiger partial charge in [-0.05, 0) is 18.9 Å². The van der Waals surface area contributed by atoms with E-state index < -0.39 is 18.1 Å². The van der Waals surface area contributed by atoms with Crippen molar-refractivity contribution in [2.45, 2.75) is 24.9 Å². The number of methoxy groups -OCH3 is 1. The Bertz CT molecular complexity index is 496. The van der Waals surface area contributed by atoms with Crippen LogP contribution in [-0.4, -0.2) is 59.3 Å². The fourth-order valence-corrected chi connectivity index (χ4v) is 2.33. The summed E-state index contributed by atoms with van der Waals surface area (Å²) in [4.78, 5) is 33.4. The number of aromatic nitrogens is 2. The molecule has 21 heavy (non-hydrogen) atoms. The van der Waals surface area contributed by atoms with E-state index in [2.05, 4.69) is 15.3 Å². The Labute approximate surface area is 122 Å². The Morgan fingerprint density at radius 1 is 1.52 bits per heavy atom. The summed E-state index contributed by atoms with van der Waals surface area (Å²) in [5.41, 5.74) is 0. The van der Waals surface area contributed by atoms with Gasteiger partial charge in [-0.2, -0.15) is 0 Å². The molecule has 0 saturated carbocycles. The van der Waals surface area contributed by atoms with Gasteiger partial charge in [-0.25, -0.2) is 14.8 Å². The van der Waals surface area contributed by atoms with Gasteiger partial charge in [-0.15, -0.1) is 0 Å². The van der Waals surface area contributed by atoms with Crippen molar-refractivity contribution in [2.24, 2.45) is 0 Å². The van der Waals surface area contributed by atoms with Crippen molar-refractivity contribution in [1.82, 2.24) is 15.3 Å². The Morgan fingerprint density at radius 2 is 2.24 bits per heavy atom. The highest BCUT2D eigenvalue weighted by atomic mass is 16.5. The van der Waals surface area contributed by atoms with Crippen LogP contribution in [-0.2, 0) is 14.3 Å². The quantitative estimate of drug-likeness (QED) is 0.739. The van der Waals surface area contributed by atoms with Gasteiger partial charge in [0.1, 0.15) is 6.04 Å². The summed E-state index contributed by atoms with van der Waals surface area (Å²) in [6.45, 7) is 0.597. The van der Waals surface area contributed by atoms with Gasteiger partial charge in [0.2, 0.25) is 11.9 Å². The molecule has 2 rings (SSSR count). The van der Waals surface area contributed by atoms with Gasteiger partial charge in [-0.1, -0.05) is 0 Å². The number of aliphatic carboxylic acids is 1. The number of carbonyl (C=O) groups excluding carboxylic acids is 1. The molecule has 2 atom stereocenters. The van der Waals surface area contributed by atoms with Crippen LogP contribution in [0.2, 0.25) is 0 Å². The first-order valence-electron chi connectivity index (χ1n) is 6.69. The molecule has 0 aliphatic carbocycles. The first-order chi connectivity index (χ1) is 10.1. The fraction of sp³-hybridized carbons (Fsp3) is 0.538. The topological polar surface area (TPSA) is 105 Å². The van der Waals surface area contributed by atoms with Gasteiger partial charge < -0.3 is 20.1 Å². The number of carbonyl (C=O) groups is 2. The molecule has 0 aromatic carbocycles. The van der Waals surface area contributed by atoms with Crippen molar-refractivity contribution in [3.8, 4) is 0 Å². The van der Waals surface area contributed by atoms with Crippen LogP contribution in [0, 0.1) is 0 Å². The summed E-state index contributed by atoms with van der Waals surface area (Å²) >= 11 is 0. The number of nitrogens with one attached hydrogen (secondary N) is 1. The minimum Gasteiger partial charge on any atom is -0.480 e. The van der Waals surface area contributed by atoms with Crippen LogP contribution in [0.4, 0.5) is 5.95 Å². The monoisotopic (exact) mass is 294 g/mol. The number of carboxylic acid groups (broad SMARTS) is 1. The summed E-state index contributed by atoms with van der Waals surface area (Å²) in [7, 11) is 1.39. The van der Waals surface area contributed by atoms with Crippen molar-refractivity contribution in [2.75, 3.05) is 25.2 Å². The molecule has 1 saturated heterocycles. The van der Waals surface area contributed by atoms with Crippen molar-refractivity contribution < 1.29 is 19.4 Å². The summed E-state index contributed by atoms with van der Waals surface area (Å²) in [6, 6.07) is 0.195.